The Balaban J connectivity index is 2.04. The van der Waals surface area contributed by atoms with Gasteiger partial charge in [0.15, 0.2) is 4.96 Å². The summed E-state index contributed by atoms with van der Waals surface area (Å²) in [5.41, 5.74) is 1.76. The minimum absolute atomic E-state index is 0.204. The molecule has 1 amide bonds. The van der Waals surface area contributed by atoms with Crippen LogP contribution in [0.2, 0.25) is 5.02 Å². The first-order valence-electron chi connectivity index (χ1n) is 7.08. The SMILES string of the molecule is CCc1csc2nc(C)c(NC(=O)c3ccc(Cl)cc3)c(=O)n12. The molecule has 0 spiro atoms. The summed E-state index contributed by atoms with van der Waals surface area (Å²) in [6.07, 6.45) is 0.717. The van der Waals surface area contributed by atoms with E-state index in [0.717, 1.165) is 12.1 Å². The first-order valence-corrected chi connectivity index (χ1v) is 8.33. The fourth-order valence-corrected chi connectivity index (χ4v) is 3.42. The third-order valence-corrected chi connectivity index (χ3v) is 4.65. The molecule has 2 heterocycles. The maximum atomic E-state index is 12.7. The van der Waals surface area contributed by atoms with E-state index in [1.807, 2.05) is 12.3 Å². The van der Waals surface area contributed by atoms with Crippen LogP contribution in [0, 0.1) is 6.92 Å². The van der Waals surface area contributed by atoms with E-state index in [-0.39, 0.29) is 17.2 Å². The van der Waals surface area contributed by atoms with E-state index < -0.39 is 0 Å². The first kappa shape index (κ1) is 15.7. The summed E-state index contributed by atoms with van der Waals surface area (Å²) in [4.78, 5) is 30.1. The summed E-state index contributed by atoms with van der Waals surface area (Å²) in [5.74, 6) is -0.364. The lowest BCUT2D eigenvalue weighted by atomic mass is 10.2. The van der Waals surface area contributed by atoms with Crippen molar-refractivity contribution in [2.24, 2.45) is 0 Å². The summed E-state index contributed by atoms with van der Waals surface area (Å²) < 4.78 is 1.55. The monoisotopic (exact) mass is 347 g/mol. The van der Waals surface area contributed by atoms with Crippen LogP contribution in [0.1, 0.15) is 28.7 Å². The lowest BCUT2D eigenvalue weighted by molar-refractivity contribution is 0.102. The molecule has 0 aliphatic heterocycles. The van der Waals surface area contributed by atoms with E-state index in [4.69, 9.17) is 11.6 Å². The molecule has 0 unspecified atom stereocenters. The highest BCUT2D eigenvalue weighted by molar-refractivity contribution is 7.15. The number of carbonyl (C=O) groups excluding carboxylic acids is 1. The smallest absolute Gasteiger partial charge is 0.282 e. The van der Waals surface area contributed by atoms with Crippen molar-refractivity contribution in [3.05, 3.63) is 62.0 Å². The first-order chi connectivity index (χ1) is 11.0. The molecule has 23 heavy (non-hydrogen) atoms. The highest BCUT2D eigenvalue weighted by Gasteiger charge is 2.16. The highest BCUT2D eigenvalue weighted by atomic mass is 35.5. The van der Waals surface area contributed by atoms with Gasteiger partial charge >= 0.3 is 0 Å². The minimum atomic E-state index is -0.364. The van der Waals surface area contributed by atoms with E-state index in [1.54, 1.807) is 35.6 Å². The van der Waals surface area contributed by atoms with Gasteiger partial charge in [0.1, 0.15) is 5.69 Å². The van der Waals surface area contributed by atoms with Gasteiger partial charge in [0.05, 0.1) is 5.69 Å². The molecule has 0 aliphatic rings. The van der Waals surface area contributed by atoms with Crippen LogP contribution in [-0.4, -0.2) is 15.3 Å². The number of thiazole rings is 1. The predicted molar refractivity (Wildman–Crippen MR) is 92.9 cm³/mol. The van der Waals surface area contributed by atoms with Crippen molar-refractivity contribution in [3.63, 3.8) is 0 Å². The minimum Gasteiger partial charge on any atom is -0.316 e. The van der Waals surface area contributed by atoms with Crippen molar-refractivity contribution in [3.8, 4) is 0 Å². The average molecular weight is 348 g/mol. The van der Waals surface area contributed by atoms with E-state index >= 15 is 0 Å². The molecule has 0 saturated carbocycles. The second-order valence-electron chi connectivity index (χ2n) is 5.04. The molecule has 3 rings (SSSR count). The standard InChI is InChI=1S/C16H14ClN3O2S/c1-3-12-8-23-16-18-9(2)13(15(22)20(12)16)19-14(21)10-4-6-11(17)7-5-10/h4-8H,3H2,1-2H3,(H,19,21). The number of benzene rings is 1. The number of hydrogen-bond acceptors (Lipinski definition) is 4. The van der Waals surface area contributed by atoms with Crippen molar-refractivity contribution >= 4 is 39.5 Å². The number of aryl methyl sites for hydroxylation is 2. The van der Waals surface area contributed by atoms with Crippen LogP contribution in [0.5, 0.6) is 0 Å². The van der Waals surface area contributed by atoms with Crippen LogP contribution in [0.15, 0.2) is 34.4 Å². The van der Waals surface area contributed by atoms with Crippen LogP contribution in [0.3, 0.4) is 0 Å². The Labute approximate surface area is 141 Å². The van der Waals surface area contributed by atoms with E-state index in [1.165, 1.54) is 11.3 Å². The number of rotatable bonds is 3. The van der Waals surface area contributed by atoms with Crippen LogP contribution in [0.25, 0.3) is 4.96 Å². The van der Waals surface area contributed by atoms with Gasteiger partial charge in [-0.25, -0.2) is 4.98 Å². The zero-order chi connectivity index (χ0) is 16.6. The molecule has 7 heteroatoms. The molecular formula is C16H14ClN3O2S. The summed E-state index contributed by atoms with van der Waals surface area (Å²) in [6, 6.07) is 6.48. The third-order valence-electron chi connectivity index (χ3n) is 3.53. The van der Waals surface area contributed by atoms with Gasteiger partial charge in [-0.1, -0.05) is 18.5 Å². The quantitative estimate of drug-likeness (QED) is 0.788. The van der Waals surface area contributed by atoms with Crippen molar-refractivity contribution in [1.82, 2.24) is 9.38 Å². The second kappa shape index (κ2) is 6.14. The Morgan fingerprint density at radius 2 is 2.04 bits per heavy atom. The summed E-state index contributed by atoms with van der Waals surface area (Å²) in [5, 5.41) is 5.13. The van der Waals surface area contributed by atoms with Crippen LogP contribution < -0.4 is 10.9 Å². The number of nitrogens with zero attached hydrogens (tertiary/aromatic N) is 2. The fraction of sp³-hybridized carbons (Fsp3) is 0.188. The number of carbonyl (C=O) groups is 1. The molecule has 5 nitrogen and oxygen atoms in total. The highest BCUT2D eigenvalue weighted by Crippen LogP contribution is 2.18. The van der Waals surface area contributed by atoms with Crippen molar-refractivity contribution in [2.45, 2.75) is 20.3 Å². The molecule has 0 atom stereocenters. The Bertz CT molecular complexity index is 944. The van der Waals surface area contributed by atoms with Crippen molar-refractivity contribution in [2.75, 3.05) is 5.32 Å². The van der Waals surface area contributed by atoms with Gasteiger partial charge in [-0.05, 0) is 37.6 Å². The lowest BCUT2D eigenvalue weighted by Crippen LogP contribution is -2.25. The number of anilines is 1. The third kappa shape index (κ3) is 2.87. The topological polar surface area (TPSA) is 63.5 Å². The van der Waals surface area contributed by atoms with E-state index in [2.05, 4.69) is 10.3 Å². The molecule has 3 aromatic rings. The Morgan fingerprint density at radius 3 is 2.70 bits per heavy atom. The van der Waals surface area contributed by atoms with Crippen LogP contribution >= 0.6 is 22.9 Å². The number of aromatic nitrogens is 2. The van der Waals surface area contributed by atoms with Crippen molar-refractivity contribution < 1.29 is 4.79 Å². The Morgan fingerprint density at radius 1 is 1.35 bits per heavy atom. The number of hydrogen-bond donors (Lipinski definition) is 1. The van der Waals surface area contributed by atoms with Crippen LogP contribution in [-0.2, 0) is 6.42 Å². The Kier molecular flexibility index (Phi) is 4.19. The molecule has 0 saturated heterocycles. The molecule has 0 aliphatic carbocycles. The molecule has 2 aromatic heterocycles. The zero-order valence-electron chi connectivity index (χ0n) is 12.6. The number of nitrogens with one attached hydrogen (secondary N) is 1. The number of fused-ring (bicyclic) bond motifs is 1. The number of halogens is 1. The normalized spacial score (nSPS) is 10.9. The molecule has 0 bridgehead atoms. The maximum absolute atomic E-state index is 12.7. The molecular weight excluding hydrogens is 334 g/mol. The molecule has 118 valence electrons. The predicted octanol–water partition coefficient (Wildman–Crippen LogP) is 3.53. The largest absolute Gasteiger partial charge is 0.316 e. The molecule has 1 aromatic carbocycles. The van der Waals surface area contributed by atoms with E-state index in [9.17, 15) is 9.59 Å². The fourth-order valence-electron chi connectivity index (χ4n) is 2.28. The summed E-state index contributed by atoms with van der Waals surface area (Å²) >= 11 is 7.24. The lowest BCUT2D eigenvalue weighted by Gasteiger charge is -2.08. The molecule has 0 fully saturated rings. The van der Waals surface area contributed by atoms with Gasteiger partial charge in [-0.2, -0.15) is 0 Å². The molecule has 0 radical (unpaired) electrons. The van der Waals surface area contributed by atoms with E-state index in [0.29, 0.717) is 21.2 Å². The number of amides is 1. The van der Waals surface area contributed by atoms with Crippen LogP contribution in [0.4, 0.5) is 5.69 Å². The van der Waals surface area contributed by atoms with Gasteiger partial charge in [0.2, 0.25) is 0 Å². The zero-order valence-corrected chi connectivity index (χ0v) is 14.2. The Hall–Kier alpha value is -2.18. The van der Waals surface area contributed by atoms with Gasteiger partial charge < -0.3 is 5.32 Å². The van der Waals surface area contributed by atoms with Gasteiger partial charge in [-0.15, -0.1) is 11.3 Å². The average Bonchev–Trinajstić information content (AvgIpc) is 2.94. The second-order valence-corrected chi connectivity index (χ2v) is 6.31. The summed E-state index contributed by atoms with van der Waals surface area (Å²) in [7, 11) is 0. The molecule has 1 N–H and O–H groups in total. The van der Waals surface area contributed by atoms with Gasteiger partial charge in [0, 0.05) is 21.7 Å². The van der Waals surface area contributed by atoms with Gasteiger partial charge in [0.25, 0.3) is 11.5 Å². The maximum Gasteiger partial charge on any atom is 0.282 e. The van der Waals surface area contributed by atoms with Crippen molar-refractivity contribution in [1.29, 1.82) is 0 Å². The summed E-state index contributed by atoms with van der Waals surface area (Å²) in [6.45, 7) is 3.68. The van der Waals surface area contributed by atoms with Gasteiger partial charge in [-0.3, -0.25) is 14.0 Å².